The van der Waals surface area contributed by atoms with E-state index < -0.39 is 35.7 Å². The molecule has 0 radical (unpaired) electrons. The van der Waals surface area contributed by atoms with Crippen LogP contribution >= 0.6 is 0 Å². The lowest BCUT2D eigenvalue weighted by Crippen LogP contribution is -2.60. The average molecular weight is 513 g/mol. The highest BCUT2D eigenvalue weighted by molar-refractivity contribution is 5.94. The first kappa shape index (κ1) is 26.2. The van der Waals surface area contributed by atoms with Crippen LogP contribution in [0.3, 0.4) is 0 Å². The number of anilines is 1. The van der Waals surface area contributed by atoms with E-state index in [0.717, 1.165) is 11.1 Å². The lowest BCUT2D eigenvalue weighted by Gasteiger charge is -2.41. The first-order valence-corrected chi connectivity index (χ1v) is 12.4. The number of amides is 4. The number of piperazine rings is 1. The smallest absolute Gasteiger partial charge is 0.410 e. The highest BCUT2D eigenvalue weighted by Crippen LogP contribution is 2.28. The zero-order valence-corrected chi connectivity index (χ0v) is 21.4. The van der Waals surface area contributed by atoms with Gasteiger partial charge in [0.05, 0.1) is 11.7 Å². The van der Waals surface area contributed by atoms with E-state index in [-0.39, 0.29) is 32.8 Å². The van der Waals surface area contributed by atoms with Crippen molar-refractivity contribution in [3.8, 4) is 0 Å². The summed E-state index contributed by atoms with van der Waals surface area (Å²) in [5, 5.41) is 2.86. The van der Waals surface area contributed by atoms with Crippen molar-refractivity contribution in [2.24, 2.45) is 0 Å². The minimum atomic E-state index is -0.662. The number of nitrogens with one attached hydrogen (secondary N) is 1. The maximum atomic E-state index is 13.8. The van der Waals surface area contributed by atoms with Crippen LogP contribution in [0.2, 0.25) is 0 Å². The summed E-state index contributed by atoms with van der Waals surface area (Å²) in [5.74, 6) is -0.411. The highest BCUT2D eigenvalue weighted by Gasteiger charge is 2.36. The minimum absolute atomic E-state index is 0.0831. The Morgan fingerprint density at radius 1 is 1.03 bits per heavy atom. The van der Waals surface area contributed by atoms with Crippen LogP contribution in [0, 0.1) is 5.82 Å². The van der Waals surface area contributed by atoms with Gasteiger partial charge in [-0.1, -0.05) is 36.4 Å². The van der Waals surface area contributed by atoms with Gasteiger partial charge < -0.3 is 19.7 Å². The molecule has 1 unspecified atom stereocenters. The molecule has 1 fully saturated rings. The summed E-state index contributed by atoms with van der Waals surface area (Å²) in [7, 11) is 0. The topological polar surface area (TPSA) is 91.4 Å². The summed E-state index contributed by atoms with van der Waals surface area (Å²) < 4.78 is 24.8. The molecule has 0 aliphatic carbocycles. The van der Waals surface area contributed by atoms with Crippen LogP contribution in [-0.4, -0.2) is 72.4 Å². The van der Waals surface area contributed by atoms with E-state index >= 15 is 0 Å². The fourth-order valence-corrected chi connectivity index (χ4v) is 4.43. The van der Waals surface area contributed by atoms with E-state index in [1.165, 1.54) is 26.8 Å². The molecule has 2 aliphatic heterocycles. The molecule has 0 saturated carbocycles. The second kappa shape index (κ2) is 11.1. The van der Waals surface area contributed by atoms with Gasteiger partial charge in [0.2, 0.25) is 0 Å². The SMILES string of the molecule is CC(C)(C)OC(=O)N1CCN(C(=O)OCc2ccccc2)C(CNC(=O)N2CCc3ccc(F)cc32)C1. The Morgan fingerprint density at radius 3 is 2.51 bits per heavy atom. The van der Waals surface area contributed by atoms with Gasteiger partial charge in [0, 0.05) is 32.7 Å². The molecule has 10 heteroatoms. The molecule has 1 atom stereocenters. The number of benzene rings is 2. The van der Waals surface area contributed by atoms with Crippen molar-refractivity contribution in [2.45, 2.75) is 45.4 Å². The third kappa shape index (κ3) is 6.69. The summed E-state index contributed by atoms with van der Waals surface area (Å²) in [6, 6.07) is 12.8. The third-order valence-corrected chi connectivity index (χ3v) is 6.25. The van der Waals surface area contributed by atoms with Gasteiger partial charge in [-0.15, -0.1) is 0 Å². The molecule has 4 amide bonds. The summed E-state index contributed by atoms with van der Waals surface area (Å²) in [5.41, 5.74) is 1.63. The fraction of sp³-hybridized carbons (Fsp3) is 0.444. The van der Waals surface area contributed by atoms with Crippen molar-refractivity contribution in [2.75, 3.05) is 37.6 Å². The number of carbonyl (C=O) groups is 3. The summed E-state index contributed by atoms with van der Waals surface area (Å²) >= 11 is 0. The molecule has 0 spiro atoms. The van der Waals surface area contributed by atoms with Crippen molar-refractivity contribution in [1.82, 2.24) is 15.1 Å². The second-order valence-electron chi connectivity index (χ2n) is 10.2. The Labute approximate surface area is 216 Å². The fourth-order valence-electron chi connectivity index (χ4n) is 4.43. The molecule has 9 nitrogen and oxygen atoms in total. The first-order chi connectivity index (χ1) is 17.6. The lowest BCUT2D eigenvalue weighted by atomic mass is 10.1. The van der Waals surface area contributed by atoms with Gasteiger partial charge in [-0.3, -0.25) is 9.80 Å². The maximum Gasteiger partial charge on any atom is 0.410 e. The van der Waals surface area contributed by atoms with Gasteiger partial charge >= 0.3 is 18.2 Å². The number of ether oxygens (including phenoxy) is 2. The molecule has 1 N–H and O–H groups in total. The van der Waals surface area contributed by atoms with E-state index in [2.05, 4.69) is 5.32 Å². The first-order valence-electron chi connectivity index (χ1n) is 12.4. The van der Waals surface area contributed by atoms with Gasteiger partial charge in [0.15, 0.2) is 0 Å². The van der Waals surface area contributed by atoms with Crippen molar-refractivity contribution in [3.05, 3.63) is 65.5 Å². The number of urea groups is 1. The molecule has 2 heterocycles. The Morgan fingerprint density at radius 2 is 1.78 bits per heavy atom. The number of hydrogen-bond donors (Lipinski definition) is 1. The summed E-state index contributed by atoms with van der Waals surface area (Å²) in [6.45, 7) is 6.66. The molecule has 37 heavy (non-hydrogen) atoms. The number of fused-ring (bicyclic) bond motifs is 1. The normalized spacial score (nSPS) is 17.3. The van der Waals surface area contributed by atoms with Gasteiger partial charge in [-0.05, 0) is 50.5 Å². The molecule has 0 aromatic heterocycles. The van der Waals surface area contributed by atoms with Crippen LogP contribution in [0.15, 0.2) is 48.5 Å². The van der Waals surface area contributed by atoms with Gasteiger partial charge in [-0.25, -0.2) is 18.8 Å². The zero-order valence-electron chi connectivity index (χ0n) is 21.4. The quantitative estimate of drug-likeness (QED) is 0.665. The Hall–Kier alpha value is -3.82. The molecule has 198 valence electrons. The average Bonchev–Trinajstić information content (AvgIpc) is 3.28. The number of carbonyl (C=O) groups excluding carboxylic acids is 3. The molecule has 1 saturated heterocycles. The molecule has 0 bridgehead atoms. The molecule has 2 aliphatic rings. The van der Waals surface area contributed by atoms with Crippen LogP contribution in [0.1, 0.15) is 31.9 Å². The summed E-state index contributed by atoms with van der Waals surface area (Å²) in [4.78, 5) is 43.3. The van der Waals surface area contributed by atoms with Crippen molar-refractivity contribution >= 4 is 23.9 Å². The van der Waals surface area contributed by atoms with E-state index in [4.69, 9.17) is 9.47 Å². The summed E-state index contributed by atoms with van der Waals surface area (Å²) in [6.07, 6.45) is -0.373. The number of halogens is 1. The molecular weight excluding hydrogens is 479 g/mol. The maximum absolute atomic E-state index is 13.8. The van der Waals surface area contributed by atoms with Gasteiger partial charge in [-0.2, -0.15) is 0 Å². The molecule has 2 aromatic carbocycles. The van der Waals surface area contributed by atoms with Crippen LogP contribution in [-0.2, 0) is 22.5 Å². The molecular formula is C27H33FN4O5. The predicted octanol–water partition coefficient (Wildman–Crippen LogP) is 4.16. The lowest BCUT2D eigenvalue weighted by molar-refractivity contribution is 0.00163. The van der Waals surface area contributed by atoms with E-state index in [0.29, 0.717) is 18.7 Å². The number of nitrogens with zero attached hydrogens (tertiary/aromatic N) is 3. The van der Waals surface area contributed by atoms with Crippen LogP contribution in [0.5, 0.6) is 0 Å². The van der Waals surface area contributed by atoms with Gasteiger partial charge in [0.1, 0.15) is 18.0 Å². The Balaban J connectivity index is 1.43. The highest BCUT2D eigenvalue weighted by atomic mass is 19.1. The predicted molar refractivity (Wildman–Crippen MR) is 136 cm³/mol. The van der Waals surface area contributed by atoms with Crippen LogP contribution in [0.4, 0.5) is 24.5 Å². The number of rotatable bonds is 4. The van der Waals surface area contributed by atoms with E-state index in [9.17, 15) is 18.8 Å². The van der Waals surface area contributed by atoms with Crippen LogP contribution < -0.4 is 10.2 Å². The van der Waals surface area contributed by atoms with Crippen LogP contribution in [0.25, 0.3) is 0 Å². The zero-order chi connectivity index (χ0) is 26.6. The second-order valence-corrected chi connectivity index (χ2v) is 10.2. The van der Waals surface area contributed by atoms with Crippen molar-refractivity contribution < 1.29 is 28.2 Å². The largest absolute Gasteiger partial charge is 0.445 e. The Kier molecular flexibility index (Phi) is 7.85. The van der Waals surface area contributed by atoms with Gasteiger partial charge in [0.25, 0.3) is 0 Å². The Bertz CT molecular complexity index is 1140. The van der Waals surface area contributed by atoms with Crippen molar-refractivity contribution in [1.29, 1.82) is 0 Å². The molecule has 2 aromatic rings. The van der Waals surface area contributed by atoms with E-state index in [1.54, 1.807) is 26.8 Å². The minimum Gasteiger partial charge on any atom is -0.445 e. The standard InChI is InChI=1S/C27H33FN4O5/c1-27(2,3)37-25(34)30-13-14-31(26(35)36-18-19-7-5-4-6-8-19)22(17-30)16-29-24(33)32-12-11-20-9-10-21(28)15-23(20)32/h4-10,15,22H,11-14,16-18H2,1-3H3,(H,29,33). The third-order valence-electron chi connectivity index (χ3n) is 6.25. The monoisotopic (exact) mass is 512 g/mol. The van der Waals surface area contributed by atoms with E-state index in [1.807, 2.05) is 30.3 Å². The van der Waals surface area contributed by atoms with Crippen molar-refractivity contribution in [3.63, 3.8) is 0 Å². The number of hydrogen-bond acceptors (Lipinski definition) is 5. The molecule has 4 rings (SSSR count).